The summed E-state index contributed by atoms with van der Waals surface area (Å²) in [5, 5.41) is 8.73. The first-order valence-corrected chi connectivity index (χ1v) is 4.73. The van der Waals surface area contributed by atoms with E-state index in [-0.39, 0.29) is 17.2 Å². The standard InChI is InChI=1S/C10H9ClF2O3/c1-5-2-6(16-10(12)13)3-8(11)7(5)4-9(14)15/h2-3,10H,4H2,1H3,(H,14,15). The lowest BCUT2D eigenvalue weighted by Crippen LogP contribution is -2.05. The molecule has 1 aromatic rings. The van der Waals surface area contributed by atoms with Crippen molar-refractivity contribution in [1.29, 1.82) is 0 Å². The Labute approximate surface area is 95.6 Å². The van der Waals surface area contributed by atoms with Gasteiger partial charge in [-0.3, -0.25) is 4.79 Å². The number of aryl methyl sites for hydroxylation is 1. The molecule has 0 saturated carbocycles. The SMILES string of the molecule is Cc1cc(OC(F)F)cc(Cl)c1CC(=O)O. The molecule has 1 aromatic carbocycles. The Bertz CT molecular complexity index is 384. The zero-order chi connectivity index (χ0) is 12.3. The van der Waals surface area contributed by atoms with Crippen molar-refractivity contribution in [1.82, 2.24) is 0 Å². The summed E-state index contributed by atoms with van der Waals surface area (Å²) in [6.07, 6.45) is -0.250. The number of aliphatic carboxylic acids is 1. The van der Waals surface area contributed by atoms with Crippen LogP contribution in [0.15, 0.2) is 12.1 Å². The number of benzene rings is 1. The van der Waals surface area contributed by atoms with Gasteiger partial charge in [-0.25, -0.2) is 0 Å². The molecule has 0 heterocycles. The number of hydrogen-bond donors (Lipinski definition) is 1. The van der Waals surface area contributed by atoms with Crippen LogP contribution in [0.2, 0.25) is 5.02 Å². The normalized spacial score (nSPS) is 10.6. The second-order valence-corrected chi connectivity index (χ2v) is 3.56. The maximum absolute atomic E-state index is 11.9. The van der Waals surface area contributed by atoms with Gasteiger partial charge in [0.2, 0.25) is 0 Å². The lowest BCUT2D eigenvalue weighted by molar-refractivity contribution is -0.136. The van der Waals surface area contributed by atoms with Crippen molar-refractivity contribution in [3.63, 3.8) is 0 Å². The first kappa shape index (κ1) is 12.7. The van der Waals surface area contributed by atoms with Gasteiger partial charge in [-0.15, -0.1) is 0 Å². The highest BCUT2D eigenvalue weighted by atomic mass is 35.5. The molecular weight excluding hydrogens is 242 g/mol. The average molecular weight is 251 g/mol. The highest BCUT2D eigenvalue weighted by Gasteiger charge is 2.12. The summed E-state index contributed by atoms with van der Waals surface area (Å²) in [6.45, 7) is -1.34. The molecular formula is C10H9ClF2O3. The number of carboxylic acid groups (broad SMARTS) is 1. The van der Waals surface area contributed by atoms with E-state index in [9.17, 15) is 13.6 Å². The van der Waals surface area contributed by atoms with Crippen LogP contribution in [0.25, 0.3) is 0 Å². The van der Waals surface area contributed by atoms with Gasteiger partial charge in [-0.1, -0.05) is 11.6 Å². The van der Waals surface area contributed by atoms with E-state index in [0.29, 0.717) is 11.1 Å². The maximum Gasteiger partial charge on any atom is 0.387 e. The molecule has 6 heteroatoms. The molecule has 0 bridgehead atoms. The minimum absolute atomic E-state index is 0.0772. The highest BCUT2D eigenvalue weighted by molar-refractivity contribution is 6.31. The van der Waals surface area contributed by atoms with Gasteiger partial charge in [0.25, 0.3) is 0 Å². The Kier molecular flexibility index (Phi) is 4.06. The smallest absolute Gasteiger partial charge is 0.387 e. The lowest BCUT2D eigenvalue weighted by Gasteiger charge is -2.10. The van der Waals surface area contributed by atoms with Gasteiger partial charge in [0.1, 0.15) is 5.75 Å². The van der Waals surface area contributed by atoms with E-state index in [1.165, 1.54) is 12.1 Å². The number of rotatable bonds is 4. The molecule has 0 radical (unpaired) electrons. The van der Waals surface area contributed by atoms with Crippen molar-refractivity contribution in [3.8, 4) is 5.75 Å². The molecule has 0 unspecified atom stereocenters. The molecule has 0 aliphatic rings. The molecule has 88 valence electrons. The van der Waals surface area contributed by atoms with Crippen LogP contribution in [0.3, 0.4) is 0 Å². The predicted molar refractivity (Wildman–Crippen MR) is 54.2 cm³/mol. The highest BCUT2D eigenvalue weighted by Crippen LogP contribution is 2.27. The van der Waals surface area contributed by atoms with Gasteiger partial charge in [-0.2, -0.15) is 8.78 Å². The second kappa shape index (κ2) is 5.12. The number of halogens is 3. The van der Waals surface area contributed by atoms with Crippen molar-refractivity contribution < 1.29 is 23.4 Å². The van der Waals surface area contributed by atoms with Crippen molar-refractivity contribution in [3.05, 3.63) is 28.3 Å². The number of ether oxygens (including phenoxy) is 1. The van der Waals surface area contributed by atoms with Crippen LogP contribution in [-0.2, 0) is 11.2 Å². The van der Waals surface area contributed by atoms with E-state index in [1.807, 2.05) is 0 Å². The number of carboxylic acids is 1. The van der Waals surface area contributed by atoms with Crippen molar-refractivity contribution >= 4 is 17.6 Å². The van der Waals surface area contributed by atoms with Crippen LogP contribution in [0.1, 0.15) is 11.1 Å². The molecule has 1 N–H and O–H groups in total. The molecule has 0 saturated heterocycles. The molecule has 1 rings (SSSR count). The van der Waals surface area contributed by atoms with Crippen molar-refractivity contribution in [2.45, 2.75) is 20.0 Å². The van der Waals surface area contributed by atoms with Gasteiger partial charge < -0.3 is 9.84 Å². The van der Waals surface area contributed by atoms with Gasteiger partial charge in [0, 0.05) is 5.02 Å². The summed E-state index contributed by atoms with van der Waals surface area (Å²) in [7, 11) is 0. The van der Waals surface area contributed by atoms with E-state index < -0.39 is 12.6 Å². The predicted octanol–water partition coefficient (Wildman–Crippen LogP) is 2.88. The molecule has 0 atom stereocenters. The topological polar surface area (TPSA) is 46.5 Å². The third kappa shape index (κ3) is 3.34. The summed E-state index contributed by atoms with van der Waals surface area (Å²) < 4.78 is 28.0. The Morgan fingerprint density at radius 1 is 1.56 bits per heavy atom. The monoisotopic (exact) mass is 250 g/mol. The van der Waals surface area contributed by atoms with E-state index in [4.69, 9.17) is 16.7 Å². The van der Waals surface area contributed by atoms with Gasteiger partial charge in [0.05, 0.1) is 6.42 Å². The fourth-order valence-corrected chi connectivity index (χ4v) is 1.61. The zero-order valence-electron chi connectivity index (χ0n) is 8.34. The average Bonchev–Trinajstić information content (AvgIpc) is 2.10. The molecule has 0 amide bonds. The van der Waals surface area contributed by atoms with Crippen LogP contribution in [0.4, 0.5) is 8.78 Å². The van der Waals surface area contributed by atoms with Crippen LogP contribution < -0.4 is 4.74 Å². The molecule has 0 fully saturated rings. The Morgan fingerprint density at radius 3 is 2.62 bits per heavy atom. The molecule has 3 nitrogen and oxygen atoms in total. The lowest BCUT2D eigenvalue weighted by atomic mass is 10.1. The first-order valence-electron chi connectivity index (χ1n) is 4.35. The van der Waals surface area contributed by atoms with E-state index in [1.54, 1.807) is 6.92 Å². The van der Waals surface area contributed by atoms with Gasteiger partial charge in [0.15, 0.2) is 0 Å². The minimum atomic E-state index is -2.93. The second-order valence-electron chi connectivity index (χ2n) is 3.15. The third-order valence-corrected chi connectivity index (χ3v) is 2.28. The van der Waals surface area contributed by atoms with Gasteiger partial charge >= 0.3 is 12.6 Å². The summed E-state index contributed by atoms with van der Waals surface area (Å²) in [5.41, 5.74) is 0.904. The van der Waals surface area contributed by atoms with Crippen molar-refractivity contribution in [2.75, 3.05) is 0 Å². The molecule has 16 heavy (non-hydrogen) atoms. The summed E-state index contributed by atoms with van der Waals surface area (Å²) in [6, 6.07) is 2.51. The first-order chi connectivity index (χ1) is 7.40. The summed E-state index contributed by atoms with van der Waals surface area (Å²) in [4.78, 5) is 10.5. The van der Waals surface area contributed by atoms with Crippen LogP contribution in [0.5, 0.6) is 5.75 Å². The van der Waals surface area contributed by atoms with Crippen LogP contribution in [0, 0.1) is 6.92 Å². The van der Waals surface area contributed by atoms with E-state index in [0.717, 1.165) is 0 Å². The van der Waals surface area contributed by atoms with Crippen LogP contribution in [-0.4, -0.2) is 17.7 Å². The van der Waals surface area contributed by atoms with E-state index in [2.05, 4.69) is 4.74 Å². The molecule has 0 spiro atoms. The quantitative estimate of drug-likeness (QED) is 0.894. The maximum atomic E-state index is 11.9. The Balaban J connectivity index is 3.02. The van der Waals surface area contributed by atoms with Crippen molar-refractivity contribution in [2.24, 2.45) is 0 Å². The summed E-state index contributed by atoms with van der Waals surface area (Å²) >= 11 is 5.77. The summed E-state index contributed by atoms with van der Waals surface area (Å²) in [5.74, 6) is -1.11. The number of alkyl halides is 2. The zero-order valence-corrected chi connectivity index (χ0v) is 9.09. The van der Waals surface area contributed by atoms with Gasteiger partial charge in [-0.05, 0) is 30.2 Å². The van der Waals surface area contributed by atoms with Crippen LogP contribution >= 0.6 is 11.6 Å². The van der Waals surface area contributed by atoms with E-state index >= 15 is 0 Å². The fourth-order valence-electron chi connectivity index (χ4n) is 1.29. The Morgan fingerprint density at radius 2 is 2.19 bits per heavy atom. The molecule has 0 aromatic heterocycles. The largest absolute Gasteiger partial charge is 0.481 e. The fraction of sp³-hybridized carbons (Fsp3) is 0.300. The third-order valence-electron chi connectivity index (χ3n) is 1.95. The Hall–Kier alpha value is -1.36. The number of carbonyl (C=O) groups is 1. The minimum Gasteiger partial charge on any atom is -0.481 e. The number of hydrogen-bond acceptors (Lipinski definition) is 2. The molecule has 0 aliphatic heterocycles. The molecule has 0 aliphatic carbocycles.